The summed E-state index contributed by atoms with van der Waals surface area (Å²) in [5, 5.41) is 19.4. The molecule has 0 atom stereocenters. The van der Waals surface area contributed by atoms with Gasteiger partial charge in [-0.25, -0.2) is 22.4 Å². The summed E-state index contributed by atoms with van der Waals surface area (Å²) in [6, 6.07) is 15.3. The molecule has 4 aromatic heterocycles. The van der Waals surface area contributed by atoms with Crippen LogP contribution in [0.2, 0.25) is 10.0 Å². The Morgan fingerprint density at radius 2 is 1.52 bits per heavy atom. The first-order valence-electron chi connectivity index (χ1n) is 9.26. The van der Waals surface area contributed by atoms with Gasteiger partial charge in [0.15, 0.2) is 5.65 Å². The molecule has 5 aromatic rings. The summed E-state index contributed by atoms with van der Waals surface area (Å²) >= 11 is 12.0. The van der Waals surface area contributed by atoms with Crippen molar-refractivity contribution < 1.29 is 8.42 Å². The van der Waals surface area contributed by atoms with Gasteiger partial charge in [-0.05, 0) is 24.3 Å². The minimum atomic E-state index is -3.75. The molecule has 0 spiro atoms. The van der Waals surface area contributed by atoms with Gasteiger partial charge in [0.2, 0.25) is 0 Å². The first-order chi connectivity index (χ1) is 15.9. The summed E-state index contributed by atoms with van der Waals surface area (Å²) in [7, 11) is -3.75. The number of benzene rings is 1. The molecule has 162 valence electrons. The maximum atomic E-state index is 12.6. The lowest BCUT2D eigenvalue weighted by Crippen LogP contribution is -2.12. The molecule has 0 aliphatic carbocycles. The van der Waals surface area contributed by atoms with Crippen LogP contribution in [0.4, 0.5) is 0 Å². The van der Waals surface area contributed by atoms with Crippen LogP contribution in [0.5, 0.6) is 0 Å². The van der Waals surface area contributed by atoms with Crippen LogP contribution in [-0.2, 0) is 10.0 Å². The van der Waals surface area contributed by atoms with Crippen molar-refractivity contribution in [2.24, 2.45) is 0 Å². The Morgan fingerprint density at radius 3 is 2.18 bits per heavy atom. The lowest BCUT2D eigenvalue weighted by Gasteiger charge is -2.07. The topological polar surface area (TPSA) is 128 Å². The average Bonchev–Trinajstić information content (AvgIpc) is 3.49. The second kappa shape index (κ2) is 8.93. The zero-order valence-corrected chi connectivity index (χ0v) is 18.9. The lowest BCUT2D eigenvalue weighted by atomic mass is 10.2. The molecule has 0 aliphatic heterocycles. The van der Waals surface area contributed by atoms with E-state index in [2.05, 4.69) is 15.0 Å². The Morgan fingerprint density at radius 1 is 0.879 bits per heavy atom. The van der Waals surface area contributed by atoms with Gasteiger partial charge in [0.05, 0.1) is 26.1 Å². The Bertz CT molecular complexity index is 1680. The number of pyridine rings is 2. The van der Waals surface area contributed by atoms with Crippen molar-refractivity contribution >= 4 is 55.3 Å². The highest BCUT2D eigenvalue weighted by Gasteiger charge is 2.21. The van der Waals surface area contributed by atoms with Crippen molar-refractivity contribution in [1.29, 1.82) is 10.5 Å². The lowest BCUT2D eigenvalue weighted by molar-refractivity contribution is 0.589. The minimum Gasteiger partial charge on any atom is -0.346 e. The normalized spacial score (nSPS) is 10.9. The zero-order valence-electron chi connectivity index (χ0n) is 16.6. The van der Waals surface area contributed by atoms with E-state index < -0.39 is 10.0 Å². The number of fused-ring (bicyclic) bond motifs is 2. The molecule has 33 heavy (non-hydrogen) atoms. The van der Waals surface area contributed by atoms with Crippen LogP contribution in [0, 0.1) is 22.7 Å². The van der Waals surface area contributed by atoms with Gasteiger partial charge in [0, 0.05) is 35.6 Å². The summed E-state index contributed by atoms with van der Waals surface area (Å²) in [4.78, 5) is 11.1. The SMILES string of the molecule is N#Cc1cnc2[nH]ccc2c1Cl.N#Cc1cnc2c(ccn2S(=O)(=O)c2ccccc2)c1Cl. The molecular weight excluding hydrogens is 483 g/mol. The summed E-state index contributed by atoms with van der Waals surface area (Å²) in [5.74, 6) is 0. The Labute approximate surface area is 198 Å². The third kappa shape index (κ3) is 4.01. The Kier molecular flexibility index (Phi) is 6.03. The maximum Gasteiger partial charge on any atom is 0.269 e. The summed E-state index contributed by atoms with van der Waals surface area (Å²) in [6.07, 6.45) is 5.85. The summed E-state index contributed by atoms with van der Waals surface area (Å²) in [6.45, 7) is 0. The van der Waals surface area contributed by atoms with Crippen LogP contribution in [0.3, 0.4) is 0 Å². The van der Waals surface area contributed by atoms with Crippen LogP contribution in [0.1, 0.15) is 11.1 Å². The first kappa shape index (κ1) is 22.3. The molecule has 1 aromatic carbocycles. The molecule has 0 amide bonds. The molecule has 11 heteroatoms. The summed E-state index contributed by atoms with van der Waals surface area (Å²) < 4.78 is 26.2. The van der Waals surface area contributed by atoms with E-state index in [1.54, 1.807) is 30.5 Å². The number of hydrogen-bond donors (Lipinski definition) is 1. The van der Waals surface area contributed by atoms with Gasteiger partial charge in [0.1, 0.15) is 17.8 Å². The van der Waals surface area contributed by atoms with Gasteiger partial charge in [-0.2, -0.15) is 10.5 Å². The number of aromatic amines is 1. The van der Waals surface area contributed by atoms with Crippen molar-refractivity contribution in [2.75, 3.05) is 0 Å². The van der Waals surface area contributed by atoms with Gasteiger partial charge < -0.3 is 4.98 Å². The van der Waals surface area contributed by atoms with Gasteiger partial charge >= 0.3 is 0 Å². The predicted molar refractivity (Wildman–Crippen MR) is 124 cm³/mol. The van der Waals surface area contributed by atoms with Crippen LogP contribution in [0.25, 0.3) is 22.1 Å². The molecule has 0 bridgehead atoms. The number of H-pyrrole nitrogens is 1. The predicted octanol–water partition coefficient (Wildman–Crippen LogP) is 4.89. The van der Waals surface area contributed by atoms with E-state index in [-0.39, 0.29) is 21.1 Å². The highest BCUT2D eigenvalue weighted by Crippen LogP contribution is 2.28. The molecule has 0 fully saturated rings. The van der Waals surface area contributed by atoms with E-state index >= 15 is 0 Å². The number of aromatic nitrogens is 4. The average molecular weight is 495 g/mol. The van der Waals surface area contributed by atoms with Crippen molar-refractivity contribution in [3.63, 3.8) is 0 Å². The van der Waals surface area contributed by atoms with Crippen LogP contribution in [-0.4, -0.2) is 27.3 Å². The van der Waals surface area contributed by atoms with Gasteiger partial charge in [-0.3, -0.25) is 0 Å². The van der Waals surface area contributed by atoms with E-state index in [0.717, 1.165) is 9.36 Å². The number of rotatable bonds is 2. The number of nitriles is 2. The Balaban J connectivity index is 0.000000183. The van der Waals surface area contributed by atoms with Crippen molar-refractivity contribution in [2.45, 2.75) is 4.90 Å². The zero-order chi connectivity index (χ0) is 23.6. The molecule has 0 unspecified atom stereocenters. The maximum absolute atomic E-state index is 12.6. The monoisotopic (exact) mass is 494 g/mol. The second-order valence-corrected chi connectivity index (χ2v) is 9.17. The minimum absolute atomic E-state index is 0.157. The van der Waals surface area contributed by atoms with E-state index in [4.69, 9.17) is 33.7 Å². The van der Waals surface area contributed by atoms with E-state index in [0.29, 0.717) is 21.6 Å². The highest BCUT2D eigenvalue weighted by atomic mass is 35.5. The van der Waals surface area contributed by atoms with Crippen LogP contribution >= 0.6 is 23.2 Å². The number of nitrogens with one attached hydrogen (secondary N) is 1. The van der Waals surface area contributed by atoms with Crippen molar-refractivity contribution in [3.05, 3.63) is 88.4 Å². The molecule has 8 nitrogen and oxygen atoms in total. The van der Waals surface area contributed by atoms with Crippen LogP contribution in [0.15, 0.2) is 72.1 Å². The Hall–Kier alpha value is -3.89. The van der Waals surface area contributed by atoms with Crippen LogP contribution < -0.4 is 0 Å². The number of hydrogen-bond acceptors (Lipinski definition) is 6. The second-order valence-electron chi connectivity index (χ2n) is 6.60. The van der Waals surface area contributed by atoms with Gasteiger partial charge in [0.25, 0.3) is 10.0 Å². The standard InChI is InChI=1S/C14H8ClN3O2S.C8H4ClN3/c15-13-10(8-16)9-17-14-12(13)6-7-18(14)21(19,20)11-4-2-1-3-5-11;9-7-5(3-10)4-12-8-6(7)1-2-11-8/h1-7,9H;1-2,4H,(H,11,12). The fraction of sp³-hybridized carbons (Fsp3) is 0. The summed E-state index contributed by atoms with van der Waals surface area (Å²) in [5.41, 5.74) is 1.52. The van der Waals surface area contributed by atoms with E-state index in [9.17, 15) is 8.42 Å². The third-order valence-corrected chi connectivity index (χ3v) is 7.17. The van der Waals surface area contributed by atoms with Gasteiger partial charge in [-0.15, -0.1) is 0 Å². The smallest absolute Gasteiger partial charge is 0.269 e. The quantitative estimate of drug-likeness (QED) is 0.372. The molecular formula is C22H12Cl2N6O2S. The van der Waals surface area contributed by atoms with Crippen molar-refractivity contribution in [3.8, 4) is 12.1 Å². The number of nitrogens with zero attached hydrogens (tertiary/aromatic N) is 5. The molecule has 0 radical (unpaired) electrons. The largest absolute Gasteiger partial charge is 0.346 e. The first-order valence-corrected chi connectivity index (χ1v) is 11.5. The highest BCUT2D eigenvalue weighted by molar-refractivity contribution is 7.90. The number of halogens is 2. The fourth-order valence-corrected chi connectivity index (χ4v) is 4.87. The van der Waals surface area contributed by atoms with E-state index in [1.165, 1.54) is 36.8 Å². The third-order valence-electron chi connectivity index (χ3n) is 4.68. The van der Waals surface area contributed by atoms with Crippen molar-refractivity contribution in [1.82, 2.24) is 18.9 Å². The molecule has 0 saturated carbocycles. The molecule has 1 N–H and O–H groups in total. The molecule has 4 heterocycles. The van der Waals surface area contributed by atoms with E-state index in [1.807, 2.05) is 12.1 Å². The molecule has 5 rings (SSSR count). The van der Waals surface area contributed by atoms with Gasteiger partial charge in [-0.1, -0.05) is 41.4 Å². The molecule has 0 saturated heterocycles. The fourth-order valence-electron chi connectivity index (χ4n) is 3.06. The molecule has 0 aliphatic rings.